The maximum atomic E-state index is 12.1. The molecule has 0 saturated heterocycles. The summed E-state index contributed by atoms with van der Waals surface area (Å²) in [5, 5.41) is 13.1. The summed E-state index contributed by atoms with van der Waals surface area (Å²) < 4.78 is 0. The number of benzene rings is 1. The van der Waals surface area contributed by atoms with E-state index < -0.39 is 0 Å². The Hall–Kier alpha value is -2.12. The molecule has 1 aromatic carbocycles. The first kappa shape index (κ1) is 13.3. The van der Waals surface area contributed by atoms with Gasteiger partial charge in [0.1, 0.15) is 5.15 Å². The van der Waals surface area contributed by atoms with Gasteiger partial charge in [0.05, 0.1) is 11.6 Å². The van der Waals surface area contributed by atoms with E-state index in [2.05, 4.69) is 10.3 Å². The van der Waals surface area contributed by atoms with Crippen LogP contribution in [0.4, 0.5) is 0 Å². The van der Waals surface area contributed by atoms with E-state index in [1.165, 1.54) is 6.20 Å². The zero-order valence-electron chi connectivity index (χ0n) is 10.2. The number of nitrogens with one attached hydrogen (secondary N) is 1. The van der Waals surface area contributed by atoms with Crippen molar-refractivity contribution >= 4 is 28.3 Å². The highest BCUT2D eigenvalue weighted by Gasteiger charge is 2.11. The van der Waals surface area contributed by atoms with E-state index in [0.29, 0.717) is 30.1 Å². The highest BCUT2D eigenvalue weighted by atomic mass is 35.5. The third-order valence-electron chi connectivity index (χ3n) is 2.74. The molecule has 1 heterocycles. The van der Waals surface area contributed by atoms with E-state index in [1.54, 1.807) is 0 Å². The topological polar surface area (TPSA) is 65.8 Å². The van der Waals surface area contributed by atoms with Gasteiger partial charge >= 0.3 is 0 Å². The first-order valence-corrected chi connectivity index (χ1v) is 6.30. The van der Waals surface area contributed by atoms with E-state index in [-0.39, 0.29) is 5.91 Å². The SMILES string of the molecule is N#CCCCNC(=O)c1cnc(Cl)c2ccccc12. The van der Waals surface area contributed by atoms with Crippen LogP contribution in [0.3, 0.4) is 0 Å². The number of hydrogen-bond acceptors (Lipinski definition) is 3. The first-order chi connectivity index (χ1) is 9.24. The Balaban J connectivity index is 2.23. The second-order valence-electron chi connectivity index (χ2n) is 4.03. The monoisotopic (exact) mass is 273 g/mol. The second kappa shape index (κ2) is 6.17. The Kier molecular flexibility index (Phi) is 4.32. The summed E-state index contributed by atoms with van der Waals surface area (Å²) in [5.74, 6) is -0.196. The van der Waals surface area contributed by atoms with E-state index >= 15 is 0 Å². The number of carbonyl (C=O) groups is 1. The van der Waals surface area contributed by atoms with Crippen LogP contribution >= 0.6 is 11.6 Å². The lowest BCUT2D eigenvalue weighted by Gasteiger charge is -2.07. The molecule has 1 amide bonds. The molecule has 0 fully saturated rings. The van der Waals surface area contributed by atoms with Gasteiger partial charge in [0, 0.05) is 24.5 Å². The minimum atomic E-state index is -0.196. The number of rotatable bonds is 4. The Morgan fingerprint density at radius 1 is 1.37 bits per heavy atom. The van der Waals surface area contributed by atoms with Gasteiger partial charge in [-0.25, -0.2) is 4.98 Å². The van der Waals surface area contributed by atoms with Crippen LogP contribution in [0.15, 0.2) is 30.5 Å². The minimum Gasteiger partial charge on any atom is -0.352 e. The van der Waals surface area contributed by atoms with Crippen molar-refractivity contribution in [3.05, 3.63) is 41.2 Å². The summed E-state index contributed by atoms with van der Waals surface area (Å²) in [7, 11) is 0. The maximum Gasteiger partial charge on any atom is 0.253 e. The van der Waals surface area contributed by atoms with Gasteiger partial charge in [-0.3, -0.25) is 4.79 Å². The van der Waals surface area contributed by atoms with Gasteiger partial charge in [-0.2, -0.15) is 5.26 Å². The quantitative estimate of drug-likeness (QED) is 0.688. The first-order valence-electron chi connectivity index (χ1n) is 5.92. The molecular formula is C14H12ClN3O. The van der Waals surface area contributed by atoms with Crippen LogP contribution in [0, 0.1) is 11.3 Å². The lowest BCUT2D eigenvalue weighted by Crippen LogP contribution is -2.24. The third-order valence-corrected chi connectivity index (χ3v) is 3.04. The fourth-order valence-electron chi connectivity index (χ4n) is 1.80. The summed E-state index contributed by atoms with van der Waals surface area (Å²) >= 11 is 6.00. The van der Waals surface area contributed by atoms with Crippen LogP contribution in [0.2, 0.25) is 5.15 Å². The highest BCUT2D eigenvalue weighted by molar-refractivity contribution is 6.34. The van der Waals surface area contributed by atoms with Crippen molar-refractivity contribution < 1.29 is 4.79 Å². The van der Waals surface area contributed by atoms with Gasteiger partial charge in [0.2, 0.25) is 0 Å². The van der Waals surface area contributed by atoms with E-state index in [1.807, 2.05) is 30.3 Å². The predicted octanol–water partition coefficient (Wildman–Crippen LogP) is 2.92. The Labute approximate surface area is 116 Å². The molecule has 0 radical (unpaired) electrons. The molecule has 5 heteroatoms. The van der Waals surface area contributed by atoms with Crippen LogP contribution in [0.1, 0.15) is 23.2 Å². The van der Waals surface area contributed by atoms with Gasteiger partial charge < -0.3 is 5.32 Å². The van der Waals surface area contributed by atoms with Gasteiger partial charge in [-0.05, 0) is 11.8 Å². The van der Waals surface area contributed by atoms with Crippen molar-refractivity contribution in [1.29, 1.82) is 5.26 Å². The van der Waals surface area contributed by atoms with Crippen LogP contribution < -0.4 is 5.32 Å². The number of unbranched alkanes of at least 4 members (excludes halogenated alkanes) is 1. The summed E-state index contributed by atoms with van der Waals surface area (Å²) in [6.07, 6.45) is 2.55. The van der Waals surface area contributed by atoms with Crippen LogP contribution in [-0.2, 0) is 0 Å². The van der Waals surface area contributed by atoms with Gasteiger partial charge in [-0.1, -0.05) is 35.9 Å². The molecule has 0 atom stereocenters. The molecule has 4 nitrogen and oxygen atoms in total. The lowest BCUT2D eigenvalue weighted by molar-refractivity contribution is 0.0954. The number of nitrogens with zero attached hydrogens (tertiary/aromatic N) is 2. The molecule has 0 saturated carbocycles. The molecule has 0 spiro atoms. The number of pyridine rings is 1. The summed E-state index contributed by atoms with van der Waals surface area (Å²) in [4.78, 5) is 16.1. The average molecular weight is 274 g/mol. The highest BCUT2D eigenvalue weighted by Crippen LogP contribution is 2.23. The number of nitriles is 1. The van der Waals surface area contributed by atoms with Crippen molar-refractivity contribution in [1.82, 2.24) is 10.3 Å². The normalized spacial score (nSPS) is 10.1. The van der Waals surface area contributed by atoms with Gasteiger partial charge in [0.25, 0.3) is 5.91 Å². The number of aromatic nitrogens is 1. The zero-order valence-corrected chi connectivity index (χ0v) is 10.9. The van der Waals surface area contributed by atoms with E-state index in [4.69, 9.17) is 16.9 Å². The molecule has 1 aromatic heterocycles. The smallest absolute Gasteiger partial charge is 0.253 e. The number of halogens is 1. The Morgan fingerprint density at radius 2 is 2.11 bits per heavy atom. The average Bonchev–Trinajstić information content (AvgIpc) is 2.44. The van der Waals surface area contributed by atoms with Crippen molar-refractivity contribution in [2.24, 2.45) is 0 Å². The lowest BCUT2D eigenvalue weighted by atomic mass is 10.1. The van der Waals surface area contributed by atoms with Crippen molar-refractivity contribution in [3.63, 3.8) is 0 Å². The number of amides is 1. The van der Waals surface area contributed by atoms with Crippen molar-refractivity contribution in [2.75, 3.05) is 6.54 Å². The molecule has 2 rings (SSSR count). The molecule has 0 aliphatic heterocycles. The minimum absolute atomic E-state index is 0.196. The van der Waals surface area contributed by atoms with Crippen LogP contribution in [0.5, 0.6) is 0 Å². The molecule has 2 aromatic rings. The fraction of sp³-hybridized carbons (Fsp3) is 0.214. The Morgan fingerprint density at radius 3 is 2.84 bits per heavy atom. The fourth-order valence-corrected chi connectivity index (χ4v) is 2.02. The molecule has 0 aliphatic carbocycles. The summed E-state index contributed by atoms with van der Waals surface area (Å²) in [5.41, 5.74) is 0.497. The maximum absolute atomic E-state index is 12.1. The molecule has 19 heavy (non-hydrogen) atoms. The van der Waals surface area contributed by atoms with Crippen LogP contribution in [-0.4, -0.2) is 17.4 Å². The molecule has 0 bridgehead atoms. The summed E-state index contributed by atoms with van der Waals surface area (Å²) in [6.45, 7) is 0.476. The Bertz CT molecular complexity index is 649. The molecule has 1 N–H and O–H groups in total. The zero-order chi connectivity index (χ0) is 13.7. The second-order valence-corrected chi connectivity index (χ2v) is 4.38. The predicted molar refractivity (Wildman–Crippen MR) is 73.9 cm³/mol. The van der Waals surface area contributed by atoms with Gasteiger partial charge in [0.15, 0.2) is 0 Å². The largest absolute Gasteiger partial charge is 0.352 e. The van der Waals surface area contributed by atoms with Gasteiger partial charge in [-0.15, -0.1) is 0 Å². The standard InChI is InChI=1S/C14H12ClN3O/c15-13-11-6-2-1-5-10(11)12(9-18-13)14(19)17-8-4-3-7-16/h1-2,5-6,9H,3-4,8H2,(H,17,19). The molecule has 0 unspecified atom stereocenters. The number of fused-ring (bicyclic) bond motifs is 1. The van der Waals surface area contributed by atoms with E-state index in [9.17, 15) is 4.79 Å². The van der Waals surface area contributed by atoms with Crippen LogP contribution in [0.25, 0.3) is 10.8 Å². The molecule has 0 aliphatic rings. The molecular weight excluding hydrogens is 262 g/mol. The number of carbonyl (C=O) groups excluding carboxylic acids is 1. The van der Waals surface area contributed by atoms with E-state index in [0.717, 1.165) is 10.8 Å². The summed E-state index contributed by atoms with van der Waals surface area (Å²) in [6, 6.07) is 9.41. The number of hydrogen-bond donors (Lipinski definition) is 1. The van der Waals surface area contributed by atoms with Crippen molar-refractivity contribution in [3.8, 4) is 6.07 Å². The third kappa shape index (κ3) is 3.01. The van der Waals surface area contributed by atoms with Crippen molar-refractivity contribution in [2.45, 2.75) is 12.8 Å². The molecule has 96 valence electrons.